The lowest BCUT2D eigenvalue weighted by Crippen LogP contribution is -2.09. The highest BCUT2D eigenvalue weighted by molar-refractivity contribution is 8.93. The van der Waals surface area contributed by atoms with Crippen molar-refractivity contribution in [3.8, 4) is 0 Å². The van der Waals surface area contributed by atoms with Crippen molar-refractivity contribution in [3.63, 3.8) is 0 Å². The third kappa shape index (κ3) is 3.31. The van der Waals surface area contributed by atoms with Crippen molar-refractivity contribution in [2.75, 3.05) is 13.6 Å². The monoisotopic (exact) mass is 358 g/mol. The number of hydrogen-bond donors (Lipinski definition) is 1. The summed E-state index contributed by atoms with van der Waals surface area (Å²) in [6, 6.07) is 15.0. The van der Waals surface area contributed by atoms with Crippen LogP contribution in [0.4, 0.5) is 0 Å². The number of rotatable bonds is 5. The SMILES string of the molecule is Br.CNCCC1=C(C(C)c2ccccn2)c2ccccc2C1. The van der Waals surface area contributed by atoms with Crippen LogP contribution in [0.25, 0.3) is 5.57 Å². The molecule has 0 bridgehead atoms. The average Bonchev–Trinajstić information content (AvgIpc) is 2.91. The second-order valence-corrected chi connectivity index (χ2v) is 5.68. The van der Waals surface area contributed by atoms with Gasteiger partial charge in [0.25, 0.3) is 0 Å². The van der Waals surface area contributed by atoms with Crippen LogP contribution in [0.5, 0.6) is 0 Å². The Morgan fingerprint density at radius 3 is 2.64 bits per heavy atom. The highest BCUT2D eigenvalue weighted by atomic mass is 79.9. The first-order chi connectivity index (χ1) is 10.3. The maximum atomic E-state index is 4.56. The minimum atomic E-state index is 0. The van der Waals surface area contributed by atoms with Gasteiger partial charge in [0, 0.05) is 17.8 Å². The molecule has 1 heterocycles. The summed E-state index contributed by atoms with van der Waals surface area (Å²) in [5.74, 6) is 0.349. The molecule has 3 heteroatoms. The number of allylic oxidation sites excluding steroid dienone is 1. The van der Waals surface area contributed by atoms with E-state index in [1.807, 2.05) is 19.3 Å². The van der Waals surface area contributed by atoms with Crippen molar-refractivity contribution < 1.29 is 0 Å². The zero-order valence-corrected chi connectivity index (χ0v) is 14.9. The summed E-state index contributed by atoms with van der Waals surface area (Å²) in [5, 5.41) is 3.27. The Kier molecular flexibility index (Phi) is 5.92. The molecule has 1 unspecified atom stereocenters. The predicted molar refractivity (Wildman–Crippen MR) is 98.6 cm³/mol. The van der Waals surface area contributed by atoms with Gasteiger partial charge in [-0.15, -0.1) is 17.0 Å². The van der Waals surface area contributed by atoms with Crippen molar-refractivity contribution in [3.05, 3.63) is 71.1 Å². The van der Waals surface area contributed by atoms with E-state index >= 15 is 0 Å². The lowest BCUT2D eigenvalue weighted by atomic mass is 9.90. The van der Waals surface area contributed by atoms with Gasteiger partial charge in [-0.05, 0) is 55.3 Å². The van der Waals surface area contributed by atoms with Gasteiger partial charge in [-0.2, -0.15) is 0 Å². The molecule has 0 spiro atoms. The predicted octanol–water partition coefficient (Wildman–Crippen LogP) is 4.38. The maximum Gasteiger partial charge on any atom is 0.0475 e. The Bertz CT molecular complexity index is 649. The Balaban J connectivity index is 0.00000176. The minimum Gasteiger partial charge on any atom is -0.319 e. The maximum absolute atomic E-state index is 4.56. The standard InChI is InChI=1S/C19H22N2.BrH/c1-14(18-9-5-6-11-21-18)19-16(10-12-20-2)13-15-7-3-4-8-17(15)19;/h3-9,11,14,20H,10,12-13H2,1-2H3;1H. The van der Waals surface area contributed by atoms with E-state index in [4.69, 9.17) is 0 Å². The third-order valence-electron chi connectivity index (χ3n) is 4.33. The van der Waals surface area contributed by atoms with Crippen molar-refractivity contribution in [2.45, 2.75) is 25.7 Å². The van der Waals surface area contributed by atoms with E-state index in [9.17, 15) is 0 Å². The van der Waals surface area contributed by atoms with Crippen LogP contribution in [0.3, 0.4) is 0 Å². The lowest BCUT2D eigenvalue weighted by Gasteiger charge is -2.17. The van der Waals surface area contributed by atoms with Gasteiger partial charge in [0.15, 0.2) is 0 Å². The molecule has 1 atom stereocenters. The van der Waals surface area contributed by atoms with E-state index in [1.54, 1.807) is 5.57 Å². The zero-order chi connectivity index (χ0) is 14.7. The van der Waals surface area contributed by atoms with Gasteiger partial charge < -0.3 is 5.32 Å². The second-order valence-electron chi connectivity index (χ2n) is 5.68. The van der Waals surface area contributed by atoms with Crippen molar-refractivity contribution in [1.29, 1.82) is 0 Å². The molecule has 0 saturated heterocycles. The molecule has 22 heavy (non-hydrogen) atoms. The van der Waals surface area contributed by atoms with E-state index in [-0.39, 0.29) is 17.0 Å². The fourth-order valence-corrected chi connectivity index (χ4v) is 3.27. The van der Waals surface area contributed by atoms with Gasteiger partial charge in [-0.1, -0.05) is 42.8 Å². The molecule has 1 N–H and O–H groups in total. The number of aromatic nitrogens is 1. The molecule has 0 aliphatic heterocycles. The first kappa shape index (κ1) is 16.9. The zero-order valence-electron chi connectivity index (χ0n) is 13.2. The van der Waals surface area contributed by atoms with Gasteiger partial charge in [-0.3, -0.25) is 4.98 Å². The normalized spacial score (nSPS) is 14.5. The number of pyridine rings is 1. The van der Waals surface area contributed by atoms with Crippen LogP contribution < -0.4 is 5.32 Å². The van der Waals surface area contributed by atoms with Crippen LogP contribution in [0.15, 0.2) is 54.2 Å². The molecule has 2 nitrogen and oxygen atoms in total. The molecule has 0 fully saturated rings. The van der Waals surface area contributed by atoms with E-state index < -0.39 is 0 Å². The Morgan fingerprint density at radius 1 is 1.14 bits per heavy atom. The molecule has 3 rings (SSSR count). The summed E-state index contributed by atoms with van der Waals surface area (Å²) >= 11 is 0. The molecule has 2 aromatic rings. The first-order valence-corrected chi connectivity index (χ1v) is 7.67. The van der Waals surface area contributed by atoms with Crippen LogP contribution in [-0.2, 0) is 6.42 Å². The molecule has 1 aliphatic rings. The molecule has 1 aromatic carbocycles. The molecule has 0 amide bonds. The Morgan fingerprint density at radius 2 is 1.91 bits per heavy atom. The Labute approximate surface area is 143 Å². The summed E-state index contributed by atoms with van der Waals surface area (Å²) in [5.41, 5.74) is 7.08. The first-order valence-electron chi connectivity index (χ1n) is 7.67. The van der Waals surface area contributed by atoms with E-state index in [0.717, 1.165) is 25.1 Å². The quantitative estimate of drug-likeness (QED) is 0.857. The van der Waals surface area contributed by atoms with E-state index in [0.29, 0.717) is 5.92 Å². The van der Waals surface area contributed by atoms with Gasteiger partial charge in [0.05, 0.1) is 0 Å². The molecular formula is C19H23BrN2. The molecule has 0 saturated carbocycles. The highest BCUT2D eigenvalue weighted by Crippen LogP contribution is 2.42. The molecular weight excluding hydrogens is 336 g/mol. The fourth-order valence-electron chi connectivity index (χ4n) is 3.27. The number of nitrogens with one attached hydrogen (secondary N) is 1. The summed E-state index contributed by atoms with van der Waals surface area (Å²) in [4.78, 5) is 4.56. The van der Waals surface area contributed by atoms with Crippen molar-refractivity contribution >= 4 is 22.6 Å². The lowest BCUT2D eigenvalue weighted by molar-refractivity contribution is 0.772. The van der Waals surface area contributed by atoms with E-state index in [2.05, 4.69) is 53.6 Å². The Hall–Kier alpha value is -1.45. The molecule has 116 valence electrons. The molecule has 0 radical (unpaired) electrons. The van der Waals surface area contributed by atoms with Gasteiger partial charge in [0.2, 0.25) is 0 Å². The number of hydrogen-bond acceptors (Lipinski definition) is 2. The van der Waals surface area contributed by atoms with Crippen LogP contribution in [0.2, 0.25) is 0 Å². The fraction of sp³-hybridized carbons (Fsp3) is 0.316. The third-order valence-corrected chi connectivity index (χ3v) is 4.33. The van der Waals surface area contributed by atoms with Gasteiger partial charge >= 0.3 is 0 Å². The number of fused-ring (bicyclic) bond motifs is 1. The van der Waals surface area contributed by atoms with Gasteiger partial charge in [-0.25, -0.2) is 0 Å². The summed E-state index contributed by atoms with van der Waals surface area (Å²) in [7, 11) is 2.02. The van der Waals surface area contributed by atoms with Crippen molar-refractivity contribution in [2.24, 2.45) is 0 Å². The second kappa shape index (κ2) is 7.70. The van der Waals surface area contributed by atoms with Crippen LogP contribution in [0, 0.1) is 0 Å². The topological polar surface area (TPSA) is 24.9 Å². The average molecular weight is 359 g/mol. The number of nitrogens with zero attached hydrogens (tertiary/aromatic N) is 1. The molecule has 1 aromatic heterocycles. The smallest absolute Gasteiger partial charge is 0.0475 e. The van der Waals surface area contributed by atoms with Crippen LogP contribution in [0.1, 0.15) is 36.1 Å². The minimum absolute atomic E-state index is 0. The van der Waals surface area contributed by atoms with E-state index in [1.165, 1.54) is 16.7 Å². The summed E-state index contributed by atoms with van der Waals surface area (Å²) < 4.78 is 0. The van der Waals surface area contributed by atoms with Gasteiger partial charge in [0.1, 0.15) is 0 Å². The number of halogens is 1. The van der Waals surface area contributed by atoms with Crippen molar-refractivity contribution in [1.82, 2.24) is 10.3 Å². The van der Waals surface area contributed by atoms with Crippen LogP contribution >= 0.6 is 17.0 Å². The largest absolute Gasteiger partial charge is 0.319 e. The highest BCUT2D eigenvalue weighted by Gasteiger charge is 2.25. The summed E-state index contributed by atoms with van der Waals surface area (Å²) in [6.45, 7) is 3.31. The number of benzene rings is 1. The van der Waals surface area contributed by atoms with Crippen LogP contribution in [-0.4, -0.2) is 18.6 Å². The molecule has 1 aliphatic carbocycles. The summed E-state index contributed by atoms with van der Waals surface area (Å²) in [6.07, 6.45) is 4.09.